The highest BCUT2D eigenvalue weighted by Crippen LogP contribution is 2.34. The number of hydrogen-bond donors (Lipinski definition) is 1. The van der Waals surface area contributed by atoms with Gasteiger partial charge in [-0.1, -0.05) is 15.9 Å². The van der Waals surface area contributed by atoms with Crippen LogP contribution in [0.1, 0.15) is 16.1 Å². The van der Waals surface area contributed by atoms with Crippen molar-refractivity contribution < 1.29 is 14.0 Å². The number of amides is 1. The van der Waals surface area contributed by atoms with Crippen molar-refractivity contribution in [2.24, 2.45) is 0 Å². The van der Waals surface area contributed by atoms with Gasteiger partial charge in [0.2, 0.25) is 5.78 Å². The van der Waals surface area contributed by atoms with Crippen LogP contribution < -0.4 is 5.32 Å². The number of ketones is 1. The zero-order valence-electron chi connectivity index (χ0n) is 9.64. The van der Waals surface area contributed by atoms with Gasteiger partial charge >= 0.3 is 0 Å². The summed E-state index contributed by atoms with van der Waals surface area (Å²) in [6.45, 7) is 0. The highest BCUT2D eigenvalue weighted by molar-refractivity contribution is 9.10. The van der Waals surface area contributed by atoms with Crippen molar-refractivity contribution in [1.82, 2.24) is 0 Å². The molecule has 2 heterocycles. The molecule has 1 N–H and O–H groups in total. The number of allylic oxidation sites excluding steroid dienone is 1. The molecule has 5 heteroatoms. The van der Waals surface area contributed by atoms with E-state index in [0.717, 1.165) is 4.47 Å². The summed E-state index contributed by atoms with van der Waals surface area (Å²) in [5.74, 6) is -0.403. The normalized spacial score (nSPS) is 15.4. The fourth-order valence-electron chi connectivity index (χ4n) is 1.92. The van der Waals surface area contributed by atoms with Crippen molar-refractivity contribution in [2.45, 2.75) is 0 Å². The maximum Gasteiger partial charge on any atom is 0.256 e. The molecule has 0 saturated heterocycles. The number of fused-ring (bicyclic) bond motifs is 1. The van der Waals surface area contributed by atoms with Crippen molar-refractivity contribution in [3.63, 3.8) is 0 Å². The van der Waals surface area contributed by atoms with Gasteiger partial charge in [0.25, 0.3) is 5.91 Å². The van der Waals surface area contributed by atoms with Gasteiger partial charge in [-0.15, -0.1) is 0 Å². The smallest absolute Gasteiger partial charge is 0.256 e. The summed E-state index contributed by atoms with van der Waals surface area (Å²) in [6, 6.07) is 8.61. The van der Waals surface area contributed by atoms with Gasteiger partial charge in [0.05, 0.1) is 11.8 Å². The Kier molecular flexibility index (Phi) is 2.83. The number of benzene rings is 1. The zero-order chi connectivity index (χ0) is 13.4. The van der Waals surface area contributed by atoms with Gasteiger partial charge in [0, 0.05) is 21.8 Å². The third-order valence-electron chi connectivity index (χ3n) is 2.80. The van der Waals surface area contributed by atoms with E-state index in [0.29, 0.717) is 16.8 Å². The molecule has 0 unspecified atom stereocenters. The van der Waals surface area contributed by atoms with Crippen molar-refractivity contribution in [3.8, 4) is 0 Å². The maximum absolute atomic E-state index is 11.9. The summed E-state index contributed by atoms with van der Waals surface area (Å²) in [5, 5.41) is 2.71. The summed E-state index contributed by atoms with van der Waals surface area (Å²) >= 11 is 3.35. The van der Waals surface area contributed by atoms with Gasteiger partial charge < -0.3 is 9.73 Å². The van der Waals surface area contributed by atoms with Gasteiger partial charge in [-0.25, -0.2) is 0 Å². The molecular weight excluding hydrogens is 310 g/mol. The Bertz CT molecular complexity index is 701. The lowest BCUT2D eigenvalue weighted by atomic mass is 10.1. The number of halogens is 1. The molecule has 1 aromatic heterocycles. The van der Waals surface area contributed by atoms with Crippen LogP contribution in [0.5, 0.6) is 0 Å². The number of furan rings is 1. The molecule has 2 aromatic rings. The monoisotopic (exact) mass is 317 g/mol. The largest absolute Gasteiger partial charge is 0.461 e. The van der Waals surface area contributed by atoms with Crippen LogP contribution in [0.2, 0.25) is 0 Å². The Morgan fingerprint density at radius 1 is 1.32 bits per heavy atom. The second kappa shape index (κ2) is 4.51. The number of hydrogen-bond acceptors (Lipinski definition) is 3. The molecule has 4 nitrogen and oxygen atoms in total. The second-order valence-electron chi connectivity index (χ2n) is 4.04. The lowest BCUT2D eigenvalue weighted by Gasteiger charge is -1.98. The van der Waals surface area contributed by atoms with Crippen molar-refractivity contribution in [1.29, 1.82) is 0 Å². The molecule has 0 saturated carbocycles. The van der Waals surface area contributed by atoms with E-state index in [1.165, 1.54) is 12.3 Å². The number of rotatable bonds is 2. The molecule has 1 aliphatic rings. The standard InChI is InChI=1S/C14H8BrNO3/c15-8-3-4-11-9(6-8)10(14(18)16-11)7-12(17)13-2-1-5-19-13/h1-7H,(H,16,18)/b10-7-. The van der Waals surface area contributed by atoms with E-state index in [1.807, 2.05) is 6.07 Å². The predicted molar refractivity (Wildman–Crippen MR) is 73.8 cm³/mol. The van der Waals surface area contributed by atoms with Crippen LogP contribution in [0.25, 0.3) is 5.57 Å². The average molecular weight is 318 g/mol. The third-order valence-corrected chi connectivity index (χ3v) is 3.30. The zero-order valence-corrected chi connectivity index (χ0v) is 11.2. The minimum absolute atomic E-state index is 0.212. The highest BCUT2D eigenvalue weighted by atomic mass is 79.9. The molecule has 0 bridgehead atoms. The van der Waals surface area contributed by atoms with E-state index in [4.69, 9.17) is 4.42 Å². The molecule has 94 valence electrons. The number of carbonyl (C=O) groups is 2. The third kappa shape index (κ3) is 2.13. The summed E-state index contributed by atoms with van der Waals surface area (Å²) in [7, 11) is 0. The van der Waals surface area contributed by atoms with Crippen molar-refractivity contribution >= 4 is 38.9 Å². The van der Waals surface area contributed by atoms with E-state index in [-0.39, 0.29) is 17.5 Å². The van der Waals surface area contributed by atoms with Gasteiger partial charge in [-0.05, 0) is 30.3 Å². The van der Waals surface area contributed by atoms with E-state index in [9.17, 15) is 9.59 Å². The quantitative estimate of drug-likeness (QED) is 0.683. The first-order valence-electron chi connectivity index (χ1n) is 5.56. The lowest BCUT2D eigenvalue weighted by molar-refractivity contribution is -0.110. The molecular formula is C14H8BrNO3. The SMILES string of the molecule is O=C1Nc2ccc(Br)cc2/C1=C/C(=O)c1ccco1. The second-order valence-corrected chi connectivity index (χ2v) is 4.96. The average Bonchev–Trinajstić information content (AvgIpc) is 2.99. The van der Waals surface area contributed by atoms with Gasteiger partial charge in [-0.3, -0.25) is 9.59 Å². The summed E-state index contributed by atoms with van der Waals surface area (Å²) < 4.78 is 5.86. The van der Waals surface area contributed by atoms with Gasteiger partial charge in [0.15, 0.2) is 5.76 Å². The summed E-state index contributed by atoms with van der Waals surface area (Å²) in [4.78, 5) is 23.8. The Morgan fingerprint density at radius 3 is 2.89 bits per heavy atom. The molecule has 0 radical (unpaired) electrons. The molecule has 0 fully saturated rings. The Balaban J connectivity index is 2.04. The molecule has 0 spiro atoms. The minimum Gasteiger partial charge on any atom is -0.461 e. The van der Waals surface area contributed by atoms with E-state index < -0.39 is 0 Å². The van der Waals surface area contributed by atoms with Crippen LogP contribution in [-0.4, -0.2) is 11.7 Å². The first-order chi connectivity index (χ1) is 9.15. The molecule has 0 aliphatic carbocycles. The highest BCUT2D eigenvalue weighted by Gasteiger charge is 2.25. The van der Waals surface area contributed by atoms with Crippen LogP contribution in [0.4, 0.5) is 5.69 Å². The number of nitrogens with one attached hydrogen (secondary N) is 1. The first-order valence-corrected chi connectivity index (χ1v) is 6.35. The Morgan fingerprint density at radius 2 is 2.16 bits per heavy atom. The van der Waals surface area contributed by atoms with Crippen LogP contribution in [0.3, 0.4) is 0 Å². The molecule has 1 amide bonds. The van der Waals surface area contributed by atoms with Crippen molar-refractivity contribution in [3.05, 3.63) is 58.5 Å². The van der Waals surface area contributed by atoms with Gasteiger partial charge in [0.1, 0.15) is 0 Å². The van der Waals surface area contributed by atoms with Crippen LogP contribution >= 0.6 is 15.9 Å². The Hall–Kier alpha value is -2.14. The number of anilines is 1. The summed E-state index contributed by atoms with van der Waals surface area (Å²) in [6.07, 6.45) is 2.72. The fourth-order valence-corrected chi connectivity index (χ4v) is 2.29. The lowest BCUT2D eigenvalue weighted by Crippen LogP contribution is -2.05. The minimum atomic E-state index is -0.331. The predicted octanol–water partition coefficient (Wildman–Crippen LogP) is 3.26. The van der Waals surface area contributed by atoms with E-state index in [2.05, 4.69) is 21.2 Å². The topological polar surface area (TPSA) is 59.3 Å². The molecule has 1 aliphatic heterocycles. The van der Waals surface area contributed by atoms with E-state index in [1.54, 1.807) is 24.3 Å². The fraction of sp³-hybridized carbons (Fsp3) is 0. The van der Waals surface area contributed by atoms with Gasteiger partial charge in [-0.2, -0.15) is 0 Å². The first kappa shape index (κ1) is 11.9. The van der Waals surface area contributed by atoms with E-state index >= 15 is 0 Å². The number of carbonyl (C=O) groups excluding carboxylic acids is 2. The molecule has 0 atom stereocenters. The molecule has 19 heavy (non-hydrogen) atoms. The van der Waals surface area contributed by atoms with Crippen molar-refractivity contribution in [2.75, 3.05) is 5.32 Å². The maximum atomic E-state index is 11.9. The van der Waals surface area contributed by atoms with Crippen LogP contribution in [0, 0.1) is 0 Å². The molecule has 1 aromatic carbocycles. The Labute approximate surface area is 117 Å². The molecule has 3 rings (SSSR count). The van der Waals surface area contributed by atoms with Crippen LogP contribution in [-0.2, 0) is 4.79 Å². The van der Waals surface area contributed by atoms with Crippen LogP contribution in [0.15, 0.2) is 51.6 Å². The summed E-state index contributed by atoms with van der Waals surface area (Å²) in [5.41, 5.74) is 1.75.